The Kier molecular flexibility index (Phi) is 5.75. The third-order valence-electron chi connectivity index (χ3n) is 3.54. The molecule has 2 N–H and O–H groups in total. The maximum atomic E-state index is 12.2. The first-order valence-corrected chi connectivity index (χ1v) is 8.81. The monoisotopic (exact) mass is 370 g/mol. The Balaban J connectivity index is 1.62. The van der Waals surface area contributed by atoms with E-state index in [1.165, 1.54) is 11.8 Å². The van der Waals surface area contributed by atoms with Crippen LogP contribution in [0.25, 0.3) is 11.4 Å². The minimum Gasteiger partial charge on any atom is -0.496 e. The van der Waals surface area contributed by atoms with Crippen LogP contribution in [0.5, 0.6) is 11.5 Å². The maximum Gasteiger partial charge on any atom is 0.234 e. The fourth-order valence-corrected chi connectivity index (χ4v) is 2.93. The molecule has 0 aliphatic rings. The number of ether oxygens (including phenoxy) is 2. The van der Waals surface area contributed by atoms with Crippen LogP contribution in [0.15, 0.2) is 53.7 Å². The first kappa shape index (κ1) is 17.8. The maximum absolute atomic E-state index is 12.2. The number of methoxy groups -OCH3 is 2. The van der Waals surface area contributed by atoms with E-state index in [1.807, 2.05) is 36.4 Å². The second-order valence-corrected chi connectivity index (χ2v) is 6.15. The molecule has 0 fully saturated rings. The standard InChI is InChI=1S/C18H18N4O3S/c1-24-14-9-5-3-7-12(14)17-20-18(22-21-17)26-11-16(23)19-13-8-4-6-10-15(13)25-2/h3-10H,11H2,1-2H3,(H,19,23)(H,20,21,22). The molecule has 3 rings (SSSR count). The zero-order chi connectivity index (χ0) is 18.4. The van der Waals surface area contributed by atoms with Crippen molar-refractivity contribution in [3.05, 3.63) is 48.5 Å². The van der Waals surface area contributed by atoms with Crippen molar-refractivity contribution in [1.82, 2.24) is 15.2 Å². The molecule has 0 unspecified atom stereocenters. The van der Waals surface area contributed by atoms with Crippen LogP contribution >= 0.6 is 11.8 Å². The van der Waals surface area contributed by atoms with Gasteiger partial charge in [-0.25, -0.2) is 4.98 Å². The van der Waals surface area contributed by atoms with E-state index in [1.54, 1.807) is 26.4 Å². The third-order valence-corrected chi connectivity index (χ3v) is 4.39. The summed E-state index contributed by atoms with van der Waals surface area (Å²) in [4.78, 5) is 16.6. The van der Waals surface area contributed by atoms with E-state index < -0.39 is 0 Å². The Labute approximate surface area is 155 Å². The molecule has 0 atom stereocenters. The number of aromatic nitrogens is 3. The minimum atomic E-state index is -0.164. The molecule has 1 aromatic heterocycles. The SMILES string of the molecule is COc1ccccc1NC(=O)CSc1n[nH]c(-c2ccccc2OC)n1. The lowest BCUT2D eigenvalue weighted by Gasteiger charge is -2.08. The van der Waals surface area contributed by atoms with Gasteiger partial charge in [-0.15, -0.1) is 5.10 Å². The highest BCUT2D eigenvalue weighted by molar-refractivity contribution is 7.99. The van der Waals surface area contributed by atoms with Crippen LogP contribution in [0.1, 0.15) is 0 Å². The minimum absolute atomic E-state index is 0.164. The third kappa shape index (κ3) is 4.15. The Hall–Kier alpha value is -3.00. The molecule has 1 heterocycles. The predicted octanol–water partition coefficient (Wildman–Crippen LogP) is 3.22. The molecule has 0 aliphatic carbocycles. The number of para-hydroxylation sites is 3. The van der Waals surface area contributed by atoms with E-state index in [4.69, 9.17) is 9.47 Å². The molecule has 134 valence electrons. The van der Waals surface area contributed by atoms with Crippen LogP contribution in [0.3, 0.4) is 0 Å². The molecule has 26 heavy (non-hydrogen) atoms. The number of nitrogens with zero attached hydrogens (tertiary/aromatic N) is 2. The summed E-state index contributed by atoms with van der Waals surface area (Å²) < 4.78 is 10.5. The molecule has 0 bridgehead atoms. The molecule has 3 aromatic rings. The Bertz CT molecular complexity index is 897. The smallest absolute Gasteiger partial charge is 0.234 e. The number of hydrogen-bond acceptors (Lipinski definition) is 6. The molecule has 0 aliphatic heterocycles. The summed E-state index contributed by atoms with van der Waals surface area (Å²) in [5.74, 6) is 1.93. The Morgan fingerprint density at radius 3 is 2.54 bits per heavy atom. The van der Waals surface area contributed by atoms with Gasteiger partial charge in [-0.2, -0.15) is 0 Å². The molecule has 7 nitrogen and oxygen atoms in total. The molecule has 1 amide bonds. The van der Waals surface area contributed by atoms with Gasteiger partial charge in [0.1, 0.15) is 11.5 Å². The van der Waals surface area contributed by atoms with Crippen molar-refractivity contribution in [3.63, 3.8) is 0 Å². The van der Waals surface area contributed by atoms with Gasteiger partial charge in [0.15, 0.2) is 5.82 Å². The molecule has 2 aromatic carbocycles. The van der Waals surface area contributed by atoms with Crippen molar-refractivity contribution in [2.75, 3.05) is 25.3 Å². The first-order valence-electron chi connectivity index (χ1n) is 7.82. The highest BCUT2D eigenvalue weighted by atomic mass is 32.2. The number of H-pyrrole nitrogens is 1. The number of benzene rings is 2. The molecule has 0 saturated carbocycles. The van der Waals surface area contributed by atoms with Crippen molar-refractivity contribution in [3.8, 4) is 22.9 Å². The van der Waals surface area contributed by atoms with Gasteiger partial charge in [-0.1, -0.05) is 36.0 Å². The number of carbonyl (C=O) groups is 1. The molecule has 0 radical (unpaired) electrons. The normalized spacial score (nSPS) is 10.4. The molecule has 0 spiro atoms. The fraction of sp³-hybridized carbons (Fsp3) is 0.167. The molecular weight excluding hydrogens is 352 g/mol. The number of aromatic amines is 1. The van der Waals surface area contributed by atoms with Gasteiger partial charge in [0.2, 0.25) is 11.1 Å². The quantitative estimate of drug-likeness (QED) is 0.621. The van der Waals surface area contributed by atoms with Gasteiger partial charge in [-0.05, 0) is 24.3 Å². The van der Waals surface area contributed by atoms with Gasteiger partial charge < -0.3 is 14.8 Å². The summed E-state index contributed by atoms with van der Waals surface area (Å²) in [5.41, 5.74) is 1.44. The van der Waals surface area contributed by atoms with Crippen molar-refractivity contribution in [2.24, 2.45) is 0 Å². The van der Waals surface area contributed by atoms with Crippen molar-refractivity contribution in [2.45, 2.75) is 5.16 Å². The number of carbonyl (C=O) groups excluding carboxylic acids is 1. The number of hydrogen-bond donors (Lipinski definition) is 2. The summed E-state index contributed by atoms with van der Waals surface area (Å²) in [7, 11) is 3.17. The average Bonchev–Trinajstić information content (AvgIpc) is 3.15. The summed E-state index contributed by atoms with van der Waals surface area (Å²) in [6.07, 6.45) is 0. The summed E-state index contributed by atoms with van der Waals surface area (Å²) in [5, 5.41) is 10.3. The van der Waals surface area contributed by atoms with Crippen LogP contribution in [0, 0.1) is 0 Å². The summed E-state index contributed by atoms with van der Waals surface area (Å²) >= 11 is 1.24. The van der Waals surface area contributed by atoms with Crippen LogP contribution in [-0.2, 0) is 4.79 Å². The van der Waals surface area contributed by atoms with Gasteiger partial charge in [0.25, 0.3) is 0 Å². The highest BCUT2D eigenvalue weighted by Crippen LogP contribution is 2.28. The highest BCUT2D eigenvalue weighted by Gasteiger charge is 2.13. The van der Waals surface area contributed by atoms with Crippen LogP contribution in [0.2, 0.25) is 0 Å². The molecule has 8 heteroatoms. The number of rotatable bonds is 7. The van der Waals surface area contributed by atoms with E-state index in [0.29, 0.717) is 28.2 Å². The van der Waals surface area contributed by atoms with Gasteiger partial charge in [0.05, 0.1) is 31.2 Å². The second kappa shape index (κ2) is 8.39. The van der Waals surface area contributed by atoms with Crippen LogP contribution in [-0.4, -0.2) is 41.1 Å². The Morgan fingerprint density at radius 1 is 1.08 bits per heavy atom. The topological polar surface area (TPSA) is 89.1 Å². The van der Waals surface area contributed by atoms with Crippen LogP contribution < -0.4 is 14.8 Å². The van der Waals surface area contributed by atoms with E-state index in [2.05, 4.69) is 20.5 Å². The van der Waals surface area contributed by atoms with E-state index in [9.17, 15) is 4.79 Å². The zero-order valence-corrected chi connectivity index (χ0v) is 15.2. The summed E-state index contributed by atoms with van der Waals surface area (Å²) in [6, 6.07) is 14.8. The largest absolute Gasteiger partial charge is 0.496 e. The summed E-state index contributed by atoms with van der Waals surface area (Å²) in [6.45, 7) is 0. The van der Waals surface area contributed by atoms with Gasteiger partial charge in [0, 0.05) is 0 Å². The Morgan fingerprint density at radius 2 is 1.77 bits per heavy atom. The molecule has 0 saturated heterocycles. The lowest BCUT2D eigenvalue weighted by molar-refractivity contribution is -0.113. The lowest BCUT2D eigenvalue weighted by Crippen LogP contribution is -2.14. The van der Waals surface area contributed by atoms with Gasteiger partial charge in [-0.3, -0.25) is 9.89 Å². The lowest BCUT2D eigenvalue weighted by atomic mass is 10.2. The van der Waals surface area contributed by atoms with Crippen molar-refractivity contribution < 1.29 is 14.3 Å². The predicted molar refractivity (Wildman–Crippen MR) is 101 cm³/mol. The average molecular weight is 370 g/mol. The van der Waals surface area contributed by atoms with Gasteiger partial charge >= 0.3 is 0 Å². The van der Waals surface area contributed by atoms with E-state index >= 15 is 0 Å². The number of amides is 1. The second-order valence-electron chi connectivity index (χ2n) is 5.20. The number of anilines is 1. The number of thioether (sulfide) groups is 1. The number of nitrogens with one attached hydrogen (secondary N) is 2. The fourth-order valence-electron chi connectivity index (χ4n) is 2.34. The van der Waals surface area contributed by atoms with Crippen molar-refractivity contribution in [1.29, 1.82) is 0 Å². The van der Waals surface area contributed by atoms with E-state index in [0.717, 1.165) is 5.56 Å². The van der Waals surface area contributed by atoms with E-state index in [-0.39, 0.29) is 11.7 Å². The van der Waals surface area contributed by atoms with Crippen molar-refractivity contribution >= 4 is 23.4 Å². The zero-order valence-electron chi connectivity index (χ0n) is 14.4. The van der Waals surface area contributed by atoms with Crippen LogP contribution in [0.4, 0.5) is 5.69 Å². The molecular formula is C18H18N4O3S. The first-order chi connectivity index (χ1) is 12.7.